The molecule has 102 valence electrons. The highest BCUT2D eigenvalue weighted by Gasteiger charge is 2.35. The van der Waals surface area contributed by atoms with E-state index in [0.717, 1.165) is 18.5 Å². The van der Waals surface area contributed by atoms with Gasteiger partial charge in [-0.2, -0.15) is 0 Å². The molecule has 0 aromatic carbocycles. The van der Waals surface area contributed by atoms with Crippen LogP contribution in [0, 0.1) is 0 Å². The van der Waals surface area contributed by atoms with Gasteiger partial charge in [0.1, 0.15) is 0 Å². The van der Waals surface area contributed by atoms with E-state index in [1.165, 1.54) is 38.5 Å². The molecule has 0 rings (SSSR count). The molecule has 0 unspecified atom stereocenters. The molecule has 17 heavy (non-hydrogen) atoms. The minimum atomic E-state index is -1.26. The second kappa shape index (κ2) is 9.88. The SMILES string of the molecule is CCCC[P+](CCCC)(CCCC)CC(=O)[O-]. The van der Waals surface area contributed by atoms with Crippen molar-refractivity contribution in [1.29, 1.82) is 0 Å². The van der Waals surface area contributed by atoms with E-state index in [0.29, 0.717) is 6.16 Å². The fourth-order valence-corrected chi connectivity index (χ4v) is 6.98. The molecule has 0 aliphatic heterocycles. The summed E-state index contributed by atoms with van der Waals surface area (Å²) in [6.07, 6.45) is 10.9. The molecular formula is C14H29O2P. The van der Waals surface area contributed by atoms with Crippen molar-refractivity contribution >= 4 is 13.2 Å². The van der Waals surface area contributed by atoms with Gasteiger partial charge in [-0.15, -0.1) is 0 Å². The van der Waals surface area contributed by atoms with Crippen LogP contribution in [0.2, 0.25) is 0 Å². The van der Waals surface area contributed by atoms with Crippen LogP contribution >= 0.6 is 7.26 Å². The fourth-order valence-electron chi connectivity index (χ4n) is 2.33. The van der Waals surface area contributed by atoms with Crippen molar-refractivity contribution in [2.24, 2.45) is 0 Å². The number of carbonyl (C=O) groups excluding carboxylic acids is 1. The van der Waals surface area contributed by atoms with Crippen molar-refractivity contribution in [2.75, 3.05) is 24.6 Å². The molecule has 0 radical (unpaired) electrons. The molecular weight excluding hydrogens is 231 g/mol. The smallest absolute Gasteiger partial charge is 0.0986 e. The molecule has 0 fully saturated rings. The third-order valence-corrected chi connectivity index (χ3v) is 8.15. The zero-order valence-corrected chi connectivity index (χ0v) is 12.7. The van der Waals surface area contributed by atoms with Crippen LogP contribution in [-0.2, 0) is 4.79 Å². The monoisotopic (exact) mass is 260 g/mol. The van der Waals surface area contributed by atoms with Crippen LogP contribution in [0.3, 0.4) is 0 Å². The minimum Gasteiger partial charge on any atom is -0.546 e. The van der Waals surface area contributed by atoms with Crippen molar-refractivity contribution in [2.45, 2.75) is 59.3 Å². The van der Waals surface area contributed by atoms with Crippen LogP contribution in [-0.4, -0.2) is 30.6 Å². The maximum atomic E-state index is 11.0. The summed E-state index contributed by atoms with van der Waals surface area (Å²) < 4.78 is 0. The lowest BCUT2D eigenvalue weighted by molar-refractivity contribution is -0.301. The number of unbranched alkanes of at least 4 members (excludes halogenated alkanes) is 3. The number of aliphatic carboxylic acids is 1. The summed E-state index contributed by atoms with van der Waals surface area (Å²) in [7, 11) is -1.26. The summed E-state index contributed by atoms with van der Waals surface area (Å²) in [4.78, 5) is 11.0. The molecule has 0 aliphatic rings. The number of rotatable bonds is 11. The minimum absolute atomic E-state index is 0.368. The van der Waals surface area contributed by atoms with E-state index in [1.807, 2.05) is 0 Å². The molecule has 0 aromatic heterocycles. The Labute approximate surface area is 108 Å². The predicted octanol–water partition coefficient (Wildman–Crippen LogP) is 3.15. The zero-order valence-electron chi connectivity index (χ0n) is 11.8. The summed E-state index contributed by atoms with van der Waals surface area (Å²) in [5, 5.41) is 11.0. The topological polar surface area (TPSA) is 40.1 Å². The molecule has 3 heteroatoms. The van der Waals surface area contributed by atoms with Gasteiger partial charge in [0, 0.05) is 7.26 Å². The molecule has 0 N–H and O–H groups in total. The van der Waals surface area contributed by atoms with Gasteiger partial charge >= 0.3 is 0 Å². The molecule has 0 spiro atoms. The van der Waals surface area contributed by atoms with Crippen LogP contribution in [0.15, 0.2) is 0 Å². The predicted molar refractivity (Wildman–Crippen MR) is 76.1 cm³/mol. The quantitative estimate of drug-likeness (QED) is 0.535. The van der Waals surface area contributed by atoms with E-state index >= 15 is 0 Å². The van der Waals surface area contributed by atoms with E-state index in [-0.39, 0.29) is 0 Å². The summed E-state index contributed by atoms with van der Waals surface area (Å²) in [5.41, 5.74) is 0. The number of carboxylic acids is 1. The Balaban J connectivity index is 4.56. The highest BCUT2D eigenvalue weighted by atomic mass is 31.2. The van der Waals surface area contributed by atoms with Crippen molar-refractivity contribution in [3.05, 3.63) is 0 Å². The van der Waals surface area contributed by atoms with Gasteiger partial charge in [-0.1, -0.05) is 40.0 Å². The molecule has 0 bridgehead atoms. The summed E-state index contributed by atoms with van der Waals surface area (Å²) >= 11 is 0. The second-order valence-electron chi connectivity index (χ2n) is 5.10. The van der Waals surface area contributed by atoms with E-state index in [1.54, 1.807) is 0 Å². The molecule has 0 atom stereocenters. The molecule has 0 amide bonds. The first-order chi connectivity index (χ1) is 8.10. The van der Waals surface area contributed by atoms with E-state index in [4.69, 9.17) is 0 Å². The lowest BCUT2D eigenvalue weighted by Gasteiger charge is -2.28. The normalized spacial score (nSPS) is 11.7. The van der Waals surface area contributed by atoms with Crippen molar-refractivity contribution in [1.82, 2.24) is 0 Å². The standard InChI is InChI=1S/C14H29O2P/c1-4-7-10-17(11-8-5-2,12-9-6-3)13-14(15)16/h4-13H2,1-3H3. The number of hydrogen-bond donors (Lipinski definition) is 0. The summed E-state index contributed by atoms with van der Waals surface area (Å²) in [6.45, 7) is 6.56. The molecule has 0 aromatic rings. The molecule has 0 saturated heterocycles. The maximum Gasteiger partial charge on any atom is 0.0986 e. The molecule has 0 heterocycles. The largest absolute Gasteiger partial charge is 0.546 e. The average molecular weight is 260 g/mol. The van der Waals surface area contributed by atoms with Gasteiger partial charge in [-0.3, -0.25) is 0 Å². The Bertz CT molecular complexity index is 183. The fraction of sp³-hybridized carbons (Fsp3) is 0.929. The Kier molecular flexibility index (Phi) is 9.82. The van der Waals surface area contributed by atoms with Gasteiger partial charge in [0.2, 0.25) is 0 Å². The first kappa shape index (κ1) is 16.9. The van der Waals surface area contributed by atoms with Crippen LogP contribution < -0.4 is 5.11 Å². The zero-order chi connectivity index (χ0) is 13.1. The van der Waals surface area contributed by atoms with Crippen molar-refractivity contribution in [3.8, 4) is 0 Å². The number of hydrogen-bond acceptors (Lipinski definition) is 2. The molecule has 0 aliphatic carbocycles. The number of carbonyl (C=O) groups is 1. The Morgan fingerprint density at radius 1 is 0.882 bits per heavy atom. The van der Waals surface area contributed by atoms with Gasteiger partial charge in [-0.25, -0.2) is 0 Å². The van der Waals surface area contributed by atoms with Gasteiger partial charge in [0.15, 0.2) is 0 Å². The van der Waals surface area contributed by atoms with Crippen LogP contribution in [0.5, 0.6) is 0 Å². The first-order valence-electron chi connectivity index (χ1n) is 7.15. The van der Waals surface area contributed by atoms with Crippen molar-refractivity contribution in [3.63, 3.8) is 0 Å². The van der Waals surface area contributed by atoms with E-state index < -0.39 is 13.2 Å². The van der Waals surface area contributed by atoms with Gasteiger partial charge in [-0.05, 0) is 19.3 Å². The Morgan fingerprint density at radius 2 is 1.24 bits per heavy atom. The van der Waals surface area contributed by atoms with Crippen LogP contribution in [0.25, 0.3) is 0 Å². The highest BCUT2D eigenvalue weighted by Crippen LogP contribution is 2.60. The van der Waals surface area contributed by atoms with Crippen LogP contribution in [0.1, 0.15) is 59.3 Å². The summed E-state index contributed by atoms with van der Waals surface area (Å²) in [5.74, 6) is -0.818. The van der Waals surface area contributed by atoms with Gasteiger partial charge < -0.3 is 9.90 Å². The molecule has 0 saturated carbocycles. The third-order valence-electron chi connectivity index (χ3n) is 3.42. The van der Waals surface area contributed by atoms with Gasteiger partial charge in [0.05, 0.1) is 30.6 Å². The summed E-state index contributed by atoms with van der Waals surface area (Å²) in [6, 6.07) is 0. The number of carboxylic acid groups (broad SMARTS) is 1. The lowest BCUT2D eigenvalue weighted by atomic mass is 10.4. The highest BCUT2D eigenvalue weighted by molar-refractivity contribution is 7.76. The van der Waals surface area contributed by atoms with Gasteiger partial charge in [0.25, 0.3) is 0 Å². The first-order valence-corrected chi connectivity index (χ1v) is 9.68. The van der Waals surface area contributed by atoms with Crippen molar-refractivity contribution < 1.29 is 9.90 Å². The van der Waals surface area contributed by atoms with E-state index in [2.05, 4.69) is 20.8 Å². The third kappa shape index (κ3) is 7.76. The molecule has 2 nitrogen and oxygen atoms in total. The second-order valence-corrected chi connectivity index (χ2v) is 9.44. The van der Waals surface area contributed by atoms with Crippen LogP contribution in [0.4, 0.5) is 0 Å². The lowest BCUT2D eigenvalue weighted by Crippen LogP contribution is -2.30. The van der Waals surface area contributed by atoms with E-state index in [9.17, 15) is 9.90 Å². The Morgan fingerprint density at radius 3 is 1.47 bits per heavy atom. The maximum absolute atomic E-state index is 11.0. The Hall–Kier alpha value is -0.100. The average Bonchev–Trinajstić information content (AvgIpc) is 2.30.